The Balaban J connectivity index is 1.83. The summed E-state index contributed by atoms with van der Waals surface area (Å²) in [5, 5.41) is 0. The van der Waals surface area contributed by atoms with Gasteiger partial charge in [0.2, 0.25) is 0 Å². The van der Waals surface area contributed by atoms with Crippen molar-refractivity contribution in [3.63, 3.8) is 0 Å². The Kier molecular flexibility index (Phi) is 7.58. The van der Waals surface area contributed by atoms with E-state index in [-0.39, 0.29) is 0 Å². The average molecular weight is 392 g/mol. The van der Waals surface area contributed by atoms with Crippen LogP contribution in [0, 0.1) is 5.92 Å². The Bertz CT molecular complexity index is 786. The van der Waals surface area contributed by atoms with E-state index in [0.717, 1.165) is 31.8 Å². The first-order chi connectivity index (χ1) is 13.6. The summed E-state index contributed by atoms with van der Waals surface area (Å²) in [4.78, 5) is 3.99. The van der Waals surface area contributed by atoms with Crippen LogP contribution in [0.3, 0.4) is 0 Å². The standard InChI is InChI=1S/C26H33NS/c1-5-16-27(18-21(4)20(2)3)17-10-14-24-23-12-7-6-11-22(23)19-28-26-15-9-8-13-25(24)26/h6-9,11-15,21H,2,5,10,16-19H2,1,3-4H3/b24-14+. The van der Waals surface area contributed by atoms with E-state index in [1.54, 1.807) is 0 Å². The number of hydrogen-bond donors (Lipinski definition) is 0. The first-order valence-electron chi connectivity index (χ1n) is 10.5. The molecule has 0 aromatic heterocycles. The molecule has 148 valence electrons. The van der Waals surface area contributed by atoms with Gasteiger partial charge in [0.1, 0.15) is 0 Å². The third kappa shape index (κ3) is 5.18. The zero-order chi connectivity index (χ0) is 19.9. The van der Waals surface area contributed by atoms with Crippen LogP contribution >= 0.6 is 11.8 Å². The van der Waals surface area contributed by atoms with Crippen LogP contribution in [0.25, 0.3) is 5.57 Å². The van der Waals surface area contributed by atoms with Gasteiger partial charge in [0.15, 0.2) is 0 Å². The summed E-state index contributed by atoms with van der Waals surface area (Å²) >= 11 is 1.95. The number of rotatable bonds is 8. The molecule has 1 atom stereocenters. The lowest BCUT2D eigenvalue weighted by Crippen LogP contribution is -2.30. The van der Waals surface area contributed by atoms with Crippen molar-refractivity contribution in [3.05, 3.63) is 83.4 Å². The van der Waals surface area contributed by atoms with Gasteiger partial charge in [-0.2, -0.15) is 0 Å². The summed E-state index contributed by atoms with van der Waals surface area (Å²) in [5.41, 5.74) is 6.91. The van der Waals surface area contributed by atoms with E-state index in [9.17, 15) is 0 Å². The summed E-state index contributed by atoms with van der Waals surface area (Å²) in [5.74, 6) is 1.60. The predicted molar refractivity (Wildman–Crippen MR) is 125 cm³/mol. The maximum atomic E-state index is 4.14. The predicted octanol–water partition coefficient (Wildman–Crippen LogP) is 7.04. The highest BCUT2D eigenvalue weighted by Crippen LogP contribution is 2.40. The summed E-state index contributed by atoms with van der Waals surface area (Å²) in [7, 11) is 0. The smallest absolute Gasteiger partial charge is 0.0238 e. The van der Waals surface area contributed by atoms with Gasteiger partial charge < -0.3 is 4.90 Å². The Morgan fingerprint density at radius 1 is 1.11 bits per heavy atom. The van der Waals surface area contributed by atoms with Crippen LogP contribution in [0.2, 0.25) is 0 Å². The Labute approximate surface area is 175 Å². The van der Waals surface area contributed by atoms with Crippen molar-refractivity contribution >= 4 is 17.3 Å². The molecule has 3 rings (SSSR count). The largest absolute Gasteiger partial charge is 0.302 e. The van der Waals surface area contributed by atoms with Crippen molar-refractivity contribution in [1.82, 2.24) is 4.90 Å². The van der Waals surface area contributed by atoms with E-state index >= 15 is 0 Å². The van der Waals surface area contributed by atoms with Crippen molar-refractivity contribution in [2.24, 2.45) is 5.92 Å². The van der Waals surface area contributed by atoms with Gasteiger partial charge in [-0.15, -0.1) is 11.8 Å². The maximum Gasteiger partial charge on any atom is 0.0238 e. The molecule has 0 bridgehead atoms. The van der Waals surface area contributed by atoms with Gasteiger partial charge in [-0.3, -0.25) is 0 Å². The van der Waals surface area contributed by atoms with Crippen molar-refractivity contribution in [1.29, 1.82) is 0 Å². The number of hydrogen-bond acceptors (Lipinski definition) is 2. The third-order valence-electron chi connectivity index (χ3n) is 5.57. The van der Waals surface area contributed by atoms with E-state index in [1.807, 2.05) is 11.8 Å². The lowest BCUT2D eigenvalue weighted by atomic mass is 9.93. The van der Waals surface area contributed by atoms with Crippen LogP contribution in [0.5, 0.6) is 0 Å². The number of benzene rings is 2. The summed E-state index contributed by atoms with van der Waals surface area (Å²) in [6.07, 6.45) is 4.74. The van der Waals surface area contributed by atoms with Gasteiger partial charge >= 0.3 is 0 Å². The zero-order valence-corrected chi connectivity index (χ0v) is 18.4. The molecule has 1 unspecified atom stereocenters. The fraction of sp³-hybridized carbons (Fsp3) is 0.385. The SMILES string of the molecule is C=C(C)C(C)CN(CCC)CC/C=C1\c2ccccc2CSc2ccccc21. The Morgan fingerprint density at radius 2 is 1.82 bits per heavy atom. The highest BCUT2D eigenvalue weighted by atomic mass is 32.2. The second-order valence-electron chi connectivity index (χ2n) is 7.90. The first-order valence-corrected chi connectivity index (χ1v) is 11.5. The van der Waals surface area contributed by atoms with Gasteiger partial charge in [-0.1, -0.05) is 74.5 Å². The van der Waals surface area contributed by atoms with E-state index in [2.05, 4.69) is 86.9 Å². The lowest BCUT2D eigenvalue weighted by Gasteiger charge is -2.25. The minimum Gasteiger partial charge on any atom is -0.302 e. The molecule has 0 saturated carbocycles. The molecule has 1 aliphatic rings. The summed E-state index contributed by atoms with van der Waals surface area (Å²) in [6.45, 7) is 14.2. The quantitative estimate of drug-likeness (QED) is 0.444. The molecule has 2 aromatic rings. The van der Waals surface area contributed by atoms with Crippen molar-refractivity contribution in [2.45, 2.75) is 44.3 Å². The highest BCUT2D eigenvalue weighted by molar-refractivity contribution is 7.98. The Morgan fingerprint density at radius 3 is 2.57 bits per heavy atom. The van der Waals surface area contributed by atoms with E-state index in [4.69, 9.17) is 0 Å². The zero-order valence-electron chi connectivity index (χ0n) is 17.6. The average Bonchev–Trinajstić information content (AvgIpc) is 2.85. The van der Waals surface area contributed by atoms with Crippen LogP contribution < -0.4 is 0 Å². The van der Waals surface area contributed by atoms with Gasteiger partial charge in [0, 0.05) is 23.7 Å². The van der Waals surface area contributed by atoms with Gasteiger partial charge in [-0.25, -0.2) is 0 Å². The molecule has 0 amide bonds. The topological polar surface area (TPSA) is 3.24 Å². The molecule has 1 aliphatic heterocycles. The molecule has 2 heteroatoms. The molecule has 28 heavy (non-hydrogen) atoms. The molecule has 0 N–H and O–H groups in total. The molecular weight excluding hydrogens is 358 g/mol. The van der Waals surface area contributed by atoms with Crippen LogP contribution in [0.15, 0.2) is 71.7 Å². The first kappa shape index (κ1) is 21.0. The molecule has 0 radical (unpaired) electrons. The number of nitrogens with zero attached hydrogens (tertiary/aromatic N) is 1. The summed E-state index contributed by atoms with van der Waals surface area (Å²) < 4.78 is 0. The number of fused-ring (bicyclic) bond motifs is 2. The molecule has 2 aromatic carbocycles. The van der Waals surface area contributed by atoms with Crippen LogP contribution in [-0.2, 0) is 5.75 Å². The number of thioether (sulfide) groups is 1. The second-order valence-corrected chi connectivity index (χ2v) is 8.91. The molecule has 0 saturated heterocycles. The minimum absolute atomic E-state index is 0.551. The fourth-order valence-electron chi connectivity index (χ4n) is 3.79. The fourth-order valence-corrected chi connectivity index (χ4v) is 4.86. The monoisotopic (exact) mass is 391 g/mol. The minimum atomic E-state index is 0.551. The molecule has 0 fully saturated rings. The van der Waals surface area contributed by atoms with Gasteiger partial charge in [-0.05, 0) is 60.6 Å². The molecule has 1 nitrogen and oxygen atoms in total. The van der Waals surface area contributed by atoms with Crippen LogP contribution in [0.1, 0.15) is 50.3 Å². The van der Waals surface area contributed by atoms with Crippen molar-refractivity contribution in [3.8, 4) is 0 Å². The molecule has 0 spiro atoms. The maximum absolute atomic E-state index is 4.14. The third-order valence-corrected chi connectivity index (χ3v) is 6.70. The molecular formula is C26H33NS. The molecule has 1 heterocycles. The van der Waals surface area contributed by atoms with Crippen LogP contribution in [0.4, 0.5) is 0 Å². The van der Waals surface area contributed by atoms with Gasteiger partial charge in [0.05, 0.1) is 0 Å². The van der Waals surface area contributed by atoms with Crippen molar-refractivity contribution < 1.29 is 0 Å². The van der Waals surface area contributed by atoms with Crippen LogP contribution in [-0.4, -0.2) is 24.5 Å². The van der Waals surface area contributed by atoms with E-state index in [0.29, 0.717) is 5.92 Å². The second kappa shape index (κ2) is 10.1. The normalized spacial score (nSPS) is 15.8. The lowest BCUT2D eigenvalue weighted by molar-refractivity contribution is 0.254. The van der Waals surface area contributed by atoms with Crippen molar-refractivity contribution in [2.75, 3.05) is 19.6 Å². The Hall–Kier alpha value is -1.77. The summed E-state index contributed by atoms with van der Waals surface area (Å²) in [6, 6.07) is 17.8. The van der Waals surface area contributed by atoms with E-state index < -0.39 is 0 Å². The molecule has 0 aliphatic carbocycles. The highest BCUT2D eigenvalue weighted by Gasteiger charge is 2.18. The van der Waals surface area contributed by atoms with E-state index in [1.165, 1.54) is 39.2 Å². The van der Waals surface area contributed by atoms with Gasteiger partial charge in [0.25, 0.3) is 0 Å².